The summed E-state index contributed by atoms with van der Waals surface area (Å²) in [6, 6.07) is 7.86. The molecule has 0 unspecified atom stereocenters. The molecule has 1 aliphatic carbocycles. The van der Waals surface area contributed by atoms with Crippen molar-refractivity contribution in [3.63, 3.8) is 0 Å². The van der Waals surface area contributed by atoms with Crippen molar-refractivity contribution in [2.24, 2.45) is 0 Å². The van der Waals surface area contributed by atoms with Gasteiger partial charge >= 0.3 is 0 Å². The Morgan fingerprint density at radius 1 is 1.35 bits per heavy atom. The summed E-state index contributed by atoms with van der Waals surface area (Å²) in [4.78, 5) is 24.8. The number of para-hydroxylation sites is 2. The highest BCUT2D eigenvalue weighted by atomic mass is 16.7. The van der Waals surface area contributed by atoms with E-state index in [4.69, 9.17) is 4.84 Å². The number of amides is 1. The summed E-state index contributed by atoms with van der Waals surface area (Å²) in [7, 11) is 0. The molecule has 0 saturated heterocycles. The number of aromatic nitrogens is 2. The van der Waals surface area contributed by atoms with Gasteiger partial charge in [0.15, 0.2) is 0 Å². The molecule has 2 N–H and O–H groups in total. The van der Waals surface area contributed by atoms with E-state index in [1.807, 2.05) is 24.3 Å². The highest BCUT2D eigenvalue weighted by Crippen LogP contribution is 2.19. The second-order valence-corrected chi connectivity index (χ2v) is 5.25. The van der Waals surface area contributed by atoms with Crippen molar-refractivity contribution in [2.75, 3.05) is 0 Å². The number of fused-ring (bicyclic) bond motifs is 1. The van der Waals surface area contributed by atoms with E-state index in [0.29, 0.717) is 12.8 Å². The minimum Gasteiger partial charge on any atom is -0.342 e. The van der Waals surface area contributed by atoms with E-state index < -0.39 is 0 Å². The molecule has 0 spiro atoms. The quantitative estimate of drug-likeness (QED) is 0.822. The lowest BCUT2D eigenvalue weighted by molar-refractivity contribution is -0.138. The van der Waals surface area contributed by atoms with Crippen LogP contribution in [0.2, 0.25) is 0 Å². The van der Waals surface area contributed by atoms with Gasteiger partial charge in [0.1, 0.15) is 5.82 Å². The number of carbonyl (C=O) groups excluding carboxylic acids is 1. The first-order chi connectivity index (χ1) is 9.81. The van der Waals surface area contributed by atoms with Crippen molar-refractivity contribution >= 4 is 16.9 Å². The predicted octanol–water partition coefficient (Wildman–Crippen LogP) is 2.49. The Labute approximate surface area is 117 Å². The van der Waals surface area contributed by atoms with Gasteiger partial charge in [0, 0.05) is 12.8 Å². The Morgan fingerprint density at radius 3 is 2.95 bits per heavy atom. The first-order valence-electron chi connectivity index (χ1n) is 7.19. The molecular weight excluding hydrogens is 254 g/mol. The lowest BCUT2D eigenvalue weighted by atomic mass is 10.3. The van der Waals surface area contributed by atoms with E-state index in [-0.39, 0.29) is 12.0 Å². The van der Waals surface area contributed by atoms with Crippen molar-refractivity contribution in [1.29, 1.82) is 0 Å². The molecule has 3 rings (SSSR count). The van der Waals surface area contributed by atoms with Crippen molar-refractivity contribution < 1.29 is 9.63 Å². The van der Waals surface area contributed by atoms with Gasteiger partial charge in [-0.15, -0.1) is 0 Å². The summed E-state index contributed by atoms with van der Waals surface area (Å²) in [6.45, 7) is 0. The number of nitrogens with zero attached hydrogens (tertiary/aromatic N) is 1. The van der Waals surface area contributed by atoms with E-state index in [1.165, 1.54) is 12.8 Å². The largest absolute Gasteiger partial charge is 0.342 e. The number of hydroxylamine groups is 1. The fraction of sp³-hybridized carbons (Fsp3) is 0.467. The number of aromatic amines is 1. The van der Waals surface area contributed by atoms with Crippen LogP contribution in [0.5, 0.6) is 0 Å². The number of aryl methyl sites for hydroxylation is 1. The summed E-state index contributed by atoms with van der Waals surface area (Å²) in [5, 5.41) is 0. The Morgan fingerprint density at radius 2 is 2.15 bits per heavy atom. The zero-order chi connectivity index (χ0) is 13.8. The Hall–Kier alpha value is -1.88. The van der Waals surface area contributed by atoms with Crippen molar-refractivity contribution in [3.05, 3.63) is 30.1 Å². The molecule has 1 aliphatic rings. The van der Waals surface area contributed by atoms with Crippen LogP contribution in [0.25, 0.3) is 11.0 Å². The monoisotopic (exact) mass is 273 g/mol. The number of hydrogen-bond acceptors (Lipinski definition) is 3. The third kappa shape index (κ3) is 3.17. The van der Waals surface area contributed by atoms with Gasteiger partial charge in [-0.05, 0) is 25.0 Å². The molecule has 1 heterocycles. The van der Waals surface area contributed by atoms with Gasteiger partial charge in [-0.2, -0.15) is 0 Å². The second-order valence-electron chi connectivity index (χ2n) is 5.25. The summed E-state index contributed by atoms with van der Waals surface area (Å²) >= 11 is 0. The minimum absolute atomic E-state index is 0.0858. The molecular formula is C15H19N3O2. The summed E-state index contributed by atoms with van der Waals surface area (Å²) in [5.41, 5.74) is 4.49. The molecule has 0 aliphatic heterocycles. The highest BCUT2D eigenvalue weighted by molar-refractivity contribution is 5.76. The first kappa shape index (κ1) is 13.1. The smallest absolute Gasteiger partial charge is 0.243 e. The van der Waals surface area contributed by atoms with Gasteiger partial charge in [0.2, 0.25) is 5.91 Å². The number of imidazole rings is 1. The van der Waals surface area contributed by atoms with Crippen molar-refractivity contribution in [3.8, 4) is 0 Å². The van der Waals surface area contributed by atoms with Gasteiger partial charge in [-0.3, -0.25) is 9.63 Å². The maximum Gasteiger partial charge on any atom is 0.243 e. The Bertz CT molecular complexity index is 555. The van der Waals surface area contributed by atoms with E-state index >= 15 is 0 Å². The fourth-order valence-electron chi connectivity index (χ4n) is 2.56. The molecule has 1 aromatic heterocycles. The standard InChI is InChI=1S/C15H19N3O2/c19-15(18-20-11-5-1-2-6-11)10-9-14-16-12-7-3-4-8-13(12)17-14/h3-4,7-8,11H,1-2,5-6,9-10H2,(H,16,17)(H,18,19). The lowest BCUT2D eigenvalue weighted by Crippen LogP contribution is -2.28. The number of H-pyrrole nitrogens is 1. The summed E-state index contributed by atoms with van der Waals surface area (Å²) < 4.78 is 0. The number of hydrogen-bond donors (Lipinski definition) is 2. The van der Waals surface area contributed by atoms with Gasteiger partial charge in [-0.1, -0.05) is 25.0 Å². The van der Waals surface area contributed by atoms with Crippen LogP contribution >= 0.6 is 0 Å². The molecule has 1 saturated carbocycles. The number of carbonyl (C=O) groups is 1. The van der Waals surface area contributed by atoms with Crippen molar-refractivity contribution in [2.45, 2.75) is 44.6 Å². The average Bonchev–Trinajstić information content (AvgIpc) is 3.11. The number of rotatable bonds is 5. The summed E-state index contributed by atoms with van der Waals surface area (Å²) in [5.74, 6) is 0.750. The second kappa shape index (κ2) is 6.05. The van der Waals surface area contributed by atoms with E-state index in [1.54, 1.807) is 0 Å². The van der Waals surface area contributed by atoms with Crippen LogP contribution in [0.4, 0.5) is 0 Å². The number of nitrogens with one attached hydrogen (secondary N) is 2. The molecule has 20 heavy (non-hydrogen) atoms. The molecule has 2 aromatic rings. The first-order valence-corrected chi connectivity index (χ1v) is 7.19. The molecule has 5 nitrogen and oxygen atoms in total. The molecule has 1 aromatic carbocycles. The van der Waals surface area contributed by atoms with Crippen LogP contribution < -0.4 is 5.48 Å². The van der Waals surface area contributed by atoms with Crippen LogP contribution in [0, 0.1) is 0 Å². The molecule has 106 valence electrons. The molecule has 5 heteroatoms. The SMILES string of the molecule is O=C(CCc1nc2ccccc2[nH]1)NOC1CCCC1. The van der Waals surface area contributed by atoms with Crippen LogP contribution in [0.15, 0.2) is 24.3 Å². The molecule has 0 atom stereocenters. The Kier molecular flexibility index (Phi) is 3.97. The van der Waals surface area contributed by atoms with Gasteiger partial charge in [0.05, 0.1) is 17.1 Å². The third-order valence-corrected chi connectivity index (χ3v) is 3.67. The van der Waals surface area contributed by atoms with Crippen LogP contribution in [0.3, 0.4) is 0 Å². The maximum absolute atomic E-state index is 11.7. The van der Waals surface area contributed by atoms with Crippen LogP contribution in [-0.4, -0.2) is 22.0 Å². The molecule has 1 amide bonds. The topological polar surface area (TPSA) is 67.0 Å². The zero-order valence-corrected chi connectivity index (χ0v) is 11.4. The number of benzene rings is 1. The maximum atomic E-state index is 11.7. The van der Waals surface area contributed by atoms with E-state index in [0.717, 1.165) is 29.7 Å². The van der Waals surface area contributed by atoms with E-state index in [2.05, 4.69) is 15.4 Å². The normalized spacial score (nSPS) is 15.8. The van der Waals surface area contributed by atoms with E-state index in [9.17, 15) is 4.79 Å². The zero-order valence-electron chi connectivity index (χ0n) is 11.4. The molecule has 0 bridgehead atoms. The summed E-state index contributed by atoms with van der Waals surface area (Å²) in [6.07, 6.45) is 5.65. The van der Waals surface area contributed by atoms with Crippen LogP contribution in [0.1, 0.15) is 37.9 Å². The lowest BCUT2D eigenvalue weighted by Gasteiger charge is -2.10. The van der Waals surface area contributed by atoms with Crippen LogP contribution in [-0.2, 0) is 16.1 Å². The highest BCUT2D eigenvalue weighted by Gasteiger charge is 2.16. The van der Waals surface area contributed by atoms with Gasteiger partial charge < -0.3 is 4.98 Å². The molecule has 1 fully saturated rings. The predicted molar refractivity (Wildman–Crippen MR) is 75.9 cm³/mol. The minimum atomic E-state index is -0.0858. The third-order valence-electron chi connectivity index (χ3n) is 3.67. The van der Waals surface area contributed by atoms with Crippen molar-refractivity contribution in [1.82, 2.24) is 15.4 Å². The average molecular weight is 273 g/mol. The fourth-order valence-corrected chi connectivity index (χ4v) is 2.56. The van der Waals surface area contributed by atoms with Gasteiger partial charge in [-0.25, -0.2) is 10.5 Å². The molecule has 0 radical (unpaired) electrons. The van der Waals surface area contributed by atoms with Gasteiger partial charge in [0.25, 0.3) is 0 Å². The Balaban J connectivity index is 1.47.